The highest BCUT2D eigenvalue weighted by atomic mass is 16.7. The van der Waals surface area contributed by atoms with Crippen LogP contribution in [0.15, 0.2) is 12.2 Å². The molecule has 1 aliphatic heterocycles. The summed E-state index contributed by atoms with van der Waals surface area (Å²) < 4.78 is 10.8. The van der Waals surface area contributed by atoms with Gasteiger partial charge in [0.1, 0.15) is 18.3 Å². The largest absolute Gasteiger partial charge is 0.477 e. The maximum absolute atomic E-state index is 11.6. The molecule has 0 bridgehead atoms. The molecule has 0 spiro atoms. The Hall–Kier alpha value is -1.52. The third-order valence-electron chi connectivity index (χ3n) is 3.59. The maximum atomic E-state index is 11.6. The number of rotatable bonds is 9. The molecule has 0 saturated carbocycles. The first-order valence-electron chi connectivity index (χ1n) is 7.76. The summed E-state index contributed by atoms with van der Waals surface area (Å²) in [5, 5.41) is 40.7. The number of hydrogen-bond acceptors (Lipinski definition) is 7. The van der Waals surface area contributed by atoms with Crippen LogP contribution in [0.2, 0.25) is 0 Å². The van der Waals surface area contributed by atoms with E-state index in [0.717, 1.165) is 12.5 Å². The van der Waals surface area contributed by atoms with Crippen molar-refractivity contribution < 1.29 is 39.5 Å². The normalized spacial score (nSPS) is 29.0. The number of aliphatic hydroxyl groups excluding tert-OH is 3. The molecule has 0 aromatic rings. The van der Waals surface area contributed by atoms with Gasteiger partial charge in [0.2, 0.25) is 5.91 Å². The van der Waals surface area contributed by atoms with E-state index in [1.54, 1.807) is 0 Å². The Morgan fingerprint density at radius 3 is 2.58 bits per heavy atom. The molecule has 5 unspecified atom stereocenters. The van der Waals surface area contributed by atoms with Gasteiger partial charge in [0.15, 0.2) is 0 Å². The van der Waals surface area contributed by atoms with E-state index in [9.17, 15) is 24.9 Å². The van der Waals surface area contributed by atoms with Crippen LogP contribution in [0, 0.1) is 0 Å². The molecule has 138 valence electrons. The first-order chi connectivity index (χ1) is 11.3. The molecule has 0 saturated heterocycles. The Balaban J connectivity index is 3.09. The lowest BCUT2D eigenvalue weighted by atomic mass is 9.96. The summed E-state index contributed by atoms with van der Waals surface area (Å²) in [6.07, 6.45) is -0.649. The van der Waals surface area contributed by atoms with E-state index in [0.29, 0.717) is 6.42 Å². The van der Waals surface area contributed by atoms with Crippen molar-refractivity contribution in [2.24, 2.45) is 0 Å². The van der Waals surface area contributed by atoms with Gasteiger partial charge in [-0.3, -0.25) is 4.79 Å². The van der Waals surface area contributed by atoms with Crippen LogP contribution in [0.4, 0.5) is 0 Å². The molecule has 5 atom stereocenters. The molecule has 1 amide bonds. The molecule has 1 aliphatic rings. The van der Waals surface area contributed by atoms with Crippen LogP contribution in [-0.2, 0) is 19.1 Å². The molecule has 9 nitrogen and oxygen atoms in total. The summed E-state index contributed by atoms with van der Waals surface area (Å²) in [7, 11) is 0. The standard InChI is InChI=1S/C15H25NO8/c1-3-4-7-23-15(14(21)22)6-5-10(16-9(2)18)13(24-15)12(20)11(19)8-17/h5-6,10-13,17,19-20H,3-4,7-8H2,1-2H3,(H,16,18)(H,21,22). The Kier molecular flexibility index (Phi) is 7.77. The first-order valence-corrected chi connectivity index (χ1v) is 7.76. The third-order valence-corrected chi connectivity index (χ3v) is 3.59. The van der Waals surface area contributed by atoms with Gasteiger partial charge in [-0.05, 0) is 12.5 Å². The van der Waals surface area contributed by atoms with E-state index >= 15 is 0 Å². The van der Waals surface area contributed by atoms with Crippen molar-refractivity contribution in [3.05, 3.63) is 12.2 Å². The minimum atomic E-state index is -2.13. The number of ether oxygens (including phenoxy) is 2. The molecule has 9 heteroatoms. The summed E-state index contributed by atoms with van der Waals surface area (Å²) in [4.78, 5) is 22.9. The molecule has 0 aromatic carbocycles. The maximum Gasteiger partial charge on any atom is 0.368 e. The average Bonchev–Trinajstić information content (AvgIpc) is 2.54. The Bertz CT molecular complexity index is 468. The Morgan fingerprint density at radius 1 is 1.42 bits per heavy atom. The summed E-state index contributed by atoms with van der Waals surface area (Å²) in [6.45, 7) is 2.51. The molecule has 1 rings (SSSR count). The van der Waals surface area contributed by atoms with Crippen LogP contribution in [-0.4, -0.2) is 75.7 Å². The predicted octanol–water partition coefficient (Wildman–Crippen LogP) is -1.24. The van der Waals surface area contributed by atoms with Gasteiger partial charge >= 0.3 is 5.97 Å². The van der Waals surface area contributed by atoms with Gasteiger partial charge < -0.3 is 35.2 Å². The summed E-state index contributed by atoms with van der Waals surface area (Å²) >= 11 is 0. The third kappa shape index (κ3) is 4.99. The van der Waals surface area contributed by atoms with Gasteiger partial charge in [-0.2, -0.15) is 0 Å². The minimum absolute atomic E-state index is 0.114. The van der Waals surface area contributed by atoms with Crippen LogP contribution >= 0.6 is 0 Å². The number of nitrogens with one attached hydrogen (secondary N) is 1. The fraction of sp³-hybridized carbons (Fsp3) is 0.733. The zero-order chi connectivity index (χ0) is 18.3. The molecule has 0 aliphatic carbocycles. The summed E-state index contributed by atoms with van der Waals surface area (Å²) in [5.41, 5.74) is 0. The van der Waals surface area contributed by atoms with Crippen molar-refractivity contribution in [1.29, 1.82) is 0 Å². The number of carboxylic acid groups (broad SMARTS) is 1. The van der Waals surface area contributed by atoms with E-state index < -0.39 is 48.6 Å². The second kappa shape index (κ2) is 9.09. The van der Waals surface area contributed by atoms with Crippen LogP contribution < -0.4 is 5.32 Å². The molecule has 1 heterocycles. The highest BCUT2D eigenvalue weighted by molar-refractivity contribution is 5.79. The molecule has 0 radical (unpaired) electrons. The summed E-state index contributed by atoms with van der Waals surface area (Å²) in [5.74, 6) is -3.99. The topological polar surface area (TPSA) is 146 Å². The van der Waals surface area contributed by atoms with Crippen molar-refractivity contribution in [3.8, 4) is 0 Å². The van der Waals surface area contributed by atoms with Gasteiger partial charge in [-0.25, -0.2) is 4.79 Å². The second-order valence-corrected chi connectivity index (χ2v) is 5.58. The number of amides is 1. The van der Waals surface area contributed by atoms with Crippen molar-refractivity contribution in [2.45, 2.75) is 56.8 Å². The number of carboxylic acids is 1. The minimum Gasteiger partial charge on any atom is -0.477 e. The lowest BCUT2D eigenvalue weighted by Gasteiger charge is -2.40. The molecular weight excluding hydrogens is 322 g/mol. The molecule has 24 heavy (non-hydrogen) atoms. The SMILES string of the molecule is CCCCOC1(C(=O)O)C=CC(NC(C)=O)C(C(O)C(O)CO)O1. The van der Waals surface area contributed by atoms with Crippen LogP contribution in [0.1, 0.15) is 26.7 Å². The fourth-order valence-corrected chi connectivity index (χ4v) is 2.26. The van der Waals surface area contributed by atoms with E-state index in [2.05, 4.69) is 5.32 Å². The Labute approximate surface area is 139 Å². The Morgan fingerprint density at radius 2 is 2.08 bits per heavy atom. The number of aliphatic hydroxyl groups is 3. The molecule has 0 aromatic heterocycles. The molecule has 0 fully saturated rings. The lowest BCUT2D eigenvalue weighted by molar-refractivity contribution is -0.261. The number of carbonyl (C=O) groups excluding carboxylic acids is 1. The smallest absolute Gasteiger partial charge is 0.368 e. The van der Waals surface area contributed by atoms with Gasteiger partial charge in [0, 0.05) is 6.92 Å². The average molecular weight is 347 g/mol. The van der Waals surface area contributed by atoms with E-state index in [-0.39, 0.29) is 6.61 Å². The van der Waals surface area contributed by atoms with Crippen molar-refractivity contribution in [1.82, 2.24) is 5.32 Å². The lowest BCUT2D eigenvalue weighted by Crippen LogP contribution is -2.60. The highest BCUT2D eigenvalue weighted by Crippen LogP contribution is 2.28. The van der Waals surface area contributed by atoms with Crippen molar-refractivity contribution in [2.75, 3.05) is 13.2 Å². The predicted molar refractivity (Wildman–Crippen MR) is 81.9 cm³/mol. The van der Waals surface area contributed by atoms with E-state index in [4.69, 9.17) is 14.6 Å². The van der Waals surface area contributed by atoms with Gasteiger partial charge in [0.05, 0.1) is 19.3 Å². The molecular formula is C15H25NO8. The second-order valence-electron chi connectivity index (χ2n) is 5.58. The van der Waals surface area contributed by atoms with Crippen molar-refractivity contribution in [3.63, 3.8) is 0 Å². The van der Waals surface area contributed by atoms with E-state index in [1.807, 2.05) is 6.92 Å². The first kappa shape index (κ1) is 20.5. The number of aliphatic carboxylic acids is 1. The van der Waals surface area contributed by atoms with Crippen LogP contribution in [0.25, 0.3) is 0 Å². The quantitative estimate of drug-likeness (QED) is 0.257. The highest BCUT2D eigenvalue weighted by Gasteiger charge is 2.49. The van der Waals surface area contributed by atoms with Crippen molar-refractivity contribution >= 4 is 11.9 Å². The monoisotopic (exact) mass is 347 g/mol. The molecule has 5 N–H and O–H groups in total. The zero-order valence-electron chi connectivity index (χ0n) is 13.7. The number of unbranched alkanes of at least 4 members (excludes halogenated alkanes) is 1. The van der Waals surface area contributed by atoms with E-state index in [1.165, 1.54) is 13.0 Å². The van der Waals surface area contributed by atoms with Gasteiger partial charge in [-0.15, -0.1) is 0 Å². The van der Waals surface area contributed by atoms with Crippen LogP contribution in [0.3, 0.4) is 0 Å². The number of carbonyl (C=O) groups is 2. The number of hydrogen-bond donors (Lipinski definition) is 5. The fourth-order valence-electron chi connectivity index (χ4n) is 2.26. The van der Waals surface area contributed by atoms with Crippen LogP contribution in [0.5, 0.6) is 0 Å². The zero-order valence-corrected chi connectivity index (χ0v) is 13.7. The van der Waals surface area contributed by atoms with Gasteiger partial charge in [-0.1, -0.05) is 19.4 Å². The summed E-state index contributed by atoms with van der Waals surface area (Å²) in [6, 6.07) is -0.888. The van der Waals surface area contributed by atoms with Gasteiger partial charge in [0.25, 0.3) is 5.79 Å².